The molecular weight excluding hydrogens is 507 g/mol. The maximum absolute atomic E-state index is 13.6. The van der Waals surface area contributed by atoms with Crippen molar-refractivity contribution in [1.82, 2.24) is 10.2 Å². The zero-order valence-electron chi connectivity index (χ0n) is 21.3. The Labute approximate surface area is 229 Å². The molecule has 0 saturated carbocycles. The molecule has 3 rings (SSSR count). The SMILES string of the molecule is CC(C)CNC(=O)C(Cc1ccccc1)N(Cc1ccccc1Cl)C(=O)CCCOc1ccc(Cl)cc1. The lowest BCUT2D eigenvalue weighted by atomic mass is 10.0. The summed E-state index contributed by atoms with van der Waals surface area (Å²) >= 11 is 12.4. The third kappa shape index (κ3) is 9.42. The molecule has 3 aromatic rings. The van der Waals surface area contributed by atoms with E-state index < -0.39 is 6.04 Å². The second-order valence-electron chi connectivity index (χ2n) is 9.36. The molecule has 37 heavy (non-hydrogen) atoms. The van der Waals surface area contributed by atoms with Gasteiger partial charge in [-0.3, -0.25) is 9.59 Å². The minimum absolute atomic E-state index is 0.125. The van der Waals surface area contributed by atoms with Crippen molar-refractivity contribution in [3.8, 4) is 5.75 Å². The normalized spacial score (nSPS) is 11.7. The first-order valence-electron chi connectivity index (χ1n) is 12.6. The summed E-state index contributed by atoms with van der Waals surface area (Å²) < 4.78 is 5.77. The van der Waals surface area contributed by atoms with Crippen molar-refractivity contribution in [2.75, 3.05) is 13.2 Å². The minimum atomic E-state index is -0.679. The van der Waals surface area contributed by atoms with E-state index in [1.165, 1.54) is 0 Å². The highest BCUT2D eigenvalue weighted by molar-refractivity contribution is 6.31. The molecule has 0 aromatic heterocycles. The summed E-state index contributed by atoms with van der Waals surface area (Å²) in [5.41, 5.74) is 1.78. The van der Waals surface area contributed by atoms with Crippen molar-refractivity contribution in [1.29, 1.82) is 0 Å². The summed E-state index contributed by atoms with van der Waals surface area (Å²) in [7, 11) is 0. The van der Waals surface area contributed by atoms with Gasteiger partial charge in [-0.05, 0) is 53.8 Å². The first-order valence-corrected chi connectivity index (χ1v) is 13.3. The van der Waals surface area contributed by atoms with Crippen LogP contribution in [-0.2, 0) is 22.6 Å². The molecule has 0 bridgehead atoms. The van der Waals surface area contributed by atoms with Gasteiger partial charge in [-0.1, -0.05) is 85.6 Å². The quantitative estimate of drug-likeness (QED) is 0.249. The number of carbonyl (C=O) groups is 2. The van der Waals surface area contributed by atoms with Crippen LogP contribution in [-0.4, -0.2) is 35.9 Å². The highest BCUT2D eigenvalue weighted by atomic mass is 35.5. The molecule has 0 aliphatic heterocycles. The van der Waals surface area contributed by atoms with Crippen LogP contribution >= 0.6 is 23.2 Å². The van der Waals surface area contributed by atoms with E-state index in [1.807, 2.05) is 62.4 Å². The van der Waals surface area contributed by atoms with Crippen LogP contribution in [0.25, 0.3) is 0 Å². The number of carbonyl (C=O) groups excluding carboxylic acids is 2. The average molecular weight is 542 g/mol. The first kappa shape index (κ1) is 28.5. The van der Waals surface area contributed by atoms with Crippen LogP contribution in [0.3, 0.4) is 0 Å². The van der Waals surface area contributed by atoms with E-state index in [4.69, 9.17) is 27.9 Å². The topological polar surface area (TPSA) is 58.6 Å². The molecule has 0 fully saturated rings. The van der Waals surface area contributed by atoms with Gasteiger partial charge in [0.1, 0.15) is 11.8 Å². The second kappa shape index (κ2) is 14.7. The predicted molar refractivity (Wildman–Crippen MR) is 150 cm³/mol. The number of nitrogens with one attached hydrogen (secondary N) is 1. The summed E-state index contributed by atoms with van der Waals surface area (Å²) in [4.78, 5) is 28.7. The maximum atomic E-state index is 13.6. The third-order valence-corrected chi connectivity index (χ3v) is 6.49. The fraction of sp³-hybridized carbons (Fsp3) is 0.333. The van der Waals surface area contributed by atoms with Crippen LogP contribution in [0.1, 0.15) is 37.8 Å². The highest BCUT2D eigenvalue weighted by Gasteiger charge is 2.30. The van der Waals surface area contributed by atoms with Crippen LogP contribution in [0.4, 0.5) is 0 Å². The molecule has 7 heteroatoms. The number of ether oxygens (including phenoxy) is 1. The lowest BCUT2D eigenvalue weighted by Gasteiger charge is -2.32. The van der Waals surface area contributed by atoms with E-state index in [9.17, 15) is 9.59 Å². The Morgan fingerprint density at radius 3 is 2.27 bits per heavy atom. The number of hydrogen-bond acceptors (Lipinski definition) is 3. The van der Waals surface area contributed by atoms with E-state index in [-0.39, 0.29) is 24.8 Å². The Hall–Kier alpha value is -3.02. The van der Waals surface area contributed by atoms with Gasteiger partial charge in [-0.2, -0.15) is 0 Å². The molecule has 5 nitrogen and oxygen atoms in total. The van der Waals surface area contributed by atoms with E-state index in [1.54, 1.807) is 35.2 Å². The lowest BCUT2D eigenvalue weighted by Crippen LogP contribution is -2.51. The standard InChI is InChI=1S/C30H34Cl2N2O3/c1-22(2)20-33-30(36)28(19-23-9-4-3-5-10-23)34(21-24-11-6-7-12-27(24)32)29(35)13-8-18-37-26-16-14-25(31)15-17-26/h3-7,9-12,14-17,22,28H,8,13,18-21H2,1-2H3,(H,33,36). The summed E-state index contributed by atoms with van der Waals surface area (Å²) in [5.74, 6) is 0.689. The van der Waals surface area contributed by atoms with Crippen molar-refractivity contribution < 1.29 is 14.3 Å². The van der Waals surface area contributed by atoms with Gasteiger partial charge in [0.05, 0.1) is 6.61 Å². The molecular formula is C30H34Cl2N2O3. The van der Waals surface area contributed by atoms with Crippen molar-refractivity contribution >= 4 is 35.0 Å². The molecule has 2 amide bonds. The van der Waals surface area contributed by atoms with E-state index in [2.05, 4.69) is 5.32 Å². The zero-order valence-corrected chi connectivity index (χ0v) is 22.8. The smallest absolute Gasteiger partial charge is 0.243 e. The number of halogens is 2. The van der Waals surface area contributed by atoms with Gasteiger partial charge < -0.3 is 15.0 Å². The van der Waals surface area contributed by atoms with Gasteiger partial charge in [0.15, 0.2) is 0 Å². The highest BCUT2D eigenvalue weighted by Crippen LogP contribution is 2.22. The van der Waals surface area contributed by atoms with Gasteiger partial charge in [-0.25, -0.2) is 0 Å². The van der Waals surface area contributed by atoms with Gasteiger partial charge in [0, 0.05) is 36.0 Å². The number of rotatable bonds is 13. The molecule has 1 N–H and O–H groups in total. The number of amides is 2. The van der Waals surface area contributed by atoms with E-state index in [0.717, 1.165) is 11.1 Å². The average Bonchev–Trinajstić information content (AvgIpc) is 2.89. The van der Waals surface area contributed by atoms with Crippen molar-refractivity contribution in [3.63, 3.8) is 0 Å². The van der Waals surface area contributed by atoms with Crippen LogP contribution < -0.4 is 10.1 Å². The largest absolute Gasteiger partial charge is 0.494 e. The Kier molecular flexibility index (Phi) is 11.3. The third-order valence-electron chi connectivity index (χ3n) is 5.87. The van der Waals surface area contributed by atoms with Crippen molar-refractivity contribution in [2.24, 2.45) is 5.92 Å². The Morgan fingerprint density at radius 1 is 0.919 bits per heavy atom. The van der Waals surface area contributed by atoms with Gasteiger partial charge in [0.25, 0.3) is 0 Å². The number of benzene rings is 3. The Morgan fingerprint density at radius 2 is 1.59 bits per heavy atom. The predicted octanol–water partition coefficient (Wildman–Crippen LogP) is 6.56. The van der Waals surface area contributed by atoms with E-state index in [0.29, 0.717) is 47.7 Å². The fourth-order valence-corrected chi connectivity index (χ4v) is 4.20. The van der Waals surface area contributed by atoms with E-state index >= 15 is 0 Å². The van der Waals surface area contributed by atoms with Crippen LogP contribution in [0.2, 0.25) is 10.0 Å². The summed E-state index contributed by atoms with van der Waals surface area (Å²) in [6.07, 6.45) is 1.15. The van der Waals surface area contributed by atoms with Gasteiger partial charge in [0.2, 0.25) is 11.8 Å². The Balaban J connectivity index is 1.79. The minimum Gasteiger partial charge on any atom is -0.494 e. The molecule has 0 radical (unpaired) electrons. The van der Waals surface area contributed by atoms with Crippen molar-refractivity contribution in [3.05, 3.63) is 100 Å². The van der Waals surface area contributed by atoms with Gasteiger partial charge in [-0.15, -0.1) is 0 Å². The molecule has 0 heterocycles. The first-order chi connectivity index (χ1) is 17.8. The molecule has 1 atom stereocenters. The molecule has 0 aliphatic carbocycles. The number of nitrogens with zero attached hydrogens (tertiary/aromatic N) is 1. The zero-order chi connectivity index (χ0) is 26.6. The molecule has 3 aromatic carbocycles. The van der Waals surface area contributed by atoms with Crippen molar-refractivity contribution in [2.45, 2.75) is 45.7 Å². The molecule has 0 aliphatic rings. The monoisotopic (exact) mass is 540 g/mol. The van der Waals surface area contributed by atoms with Crippen LogP contribution in [0.15, 0.2) is 78.9 Å². The number of hydrogen-bond donors (Lipinski definition) is 1. The summed E-state index contributed by atoms with van der Waals surface area (Å²) in [5, 5.41) is 4.23. The lowest BCUT2D eigenvalue weighted by molar-refractivity contribution is -0.141. The molecule has 0 spiro atoms. The van der Waals surface area contributed by atoms with Gasteiger partial charge >= 0.3 is 0 Å². The fourth-order valence-electron chi connectivity index (χ4n) is 3.87. The molecule has 0 saturated heterocycles. The second-order valence-corrected chi connectivity index (χ2v) is 10.2. The summed E-state index contributed by atoms with van der Waals surface area (Å²) in [6, 6.07) is 23.6. The Bertz CT molecular complexity index is 1140. The molecule has 196 valence electrons. The maximum Gasteiger partial charge on any atom is 0.243 e. The molecule has 1 unspecified atom stereocenters. The summed E-state index contributed by atoms with van der Waals surface area (Å²) in [6.45, 7) is 5.23. The van der Waals surface area contributed by atoms with Crippen LogP contribution in [0, 0.1) is 5.92 Å². The van der Waals surface area contributed by atoms with Crippen LogP contribution in [0.5, 0.6) is 5.75 Å².